The molecule has 0 fully saturated rings. The van der Waals surface area contributed by atoms with Gasteiger partial charge in [0, 0.05) is 15.6 Å². The molecular formula is C14H22BrNO2. The lowest BCUT2D eigenvalue weighted by Crippen LogP contribution is -2.43. The number of nitrogens with two attached hydrogens (primary N) is 1. The molecule has 0 saturated carbocycles. The summed E-state index contributed by atoms with van der Waals surface area (Å²) in [6.07, 6.45) is 1.83. The number of hydrogen-bond donors (Lipinski definition) is 1. The molecule has 3 nitrogen and oxygen atoms in total. The molecule has 18 heavy (non-hydrogen) atoms. The smallest absolute Gasteiger partial charge is 0.124 e. The largest absolute Gasteiger partial charge is 0.496 e. The van der Waals surface area contributed by atoms with Crippen LogP contribution in [-0.4, -0.2) is 19.3 Å². The van der Waals surface area contributed by atoms with Gasteiger partial charge in [0.1, 0.15) is 5.75 Å². The summed E-state index contributed by atoms with van der Waals surface area (Å²) < 4.78 is 12.1. The summed E-state index contributed by atoms with van der Waals surface area (Å²) in [4.78, 5) is 0. The fraction of sp³-hybridized carbons (Fsp3) is 0.571. The Morgan fingerprint density at radius 1 is 1.28 bits per heavy atom. The number of halogens is 1. The van der Waals surface area contributed by atoms with Crippen LogP contribution >= 0.6 is 15.9 Å². The molecule has 1 aromatic rings. The molecule has 0 aliphatic carbocycles. The zero-order valence-electron chi connectivity index (χ0n) is 11.3. The van der Waals surface area contributed by atoms with Gasteiger partial charge in [0.25, 0.3) is 0 Å². The van der Waals surface area contributed by atoms with Crippen LogP contribution in [0.2, 0.25) is 0 Å². The van der Waals surface area contributed by atoms with E-state index in [2.05, 4.69) is 29.8 Å². The van der Waals surface area contributed by atoms with Crippen molar-refractivity contribution in [3.63, 3.8) is 0 Å². The molecule has 0 aliphatic rings. The van der Waals surface area contributed by atoms with Crippen LogP contribution in [0, 0.1) is 0 Å². The van der Waals surface area contributed by atoms with Gasteiger partial charge in [-0.1, -0.05) is 29.8 Å². The van der Waals surface area contributed by atoms with Crippen LogP contribution in [0.15, 0.2) is 22.7 Å². The minimum Gasteiger partial charge on any atom is -0.496 e. The Morgan fingerprint density at radius 2 is 1.94 bits per heavy atom. The third kappa shape index (κ3) is 4.26. The van der Waals surface area contributed by atoms with Crippen molar-refractivity contribution >= 4 is 15.9 Å². The number of methoxy groups -OCH3 is 1. The van der Waals surface area contributed by atoms with Gasteiger partial charge in [0.15, 0.2) is 0 Å². The van der Waals surface area contributed by atoms with Gasteiger partial charge in [0.2, 0.25) is 0 Å². The van der Waals surface area contributed by atoms with Crippen molar-refractivity contribution in [1.29, 1.82) is 0 Å². The Hall–Kier alpha value is -0.580. The number of benzene rings is 1. The molecule has 0 saturated heterocycles. The first-order chi connectivity index (χ1) is 8.54. The van der Waals surface area contributed by atoms with E-state index in [0.29, 0.717) is 13.2 Å². The first-order valence-corrected chi connectivity index (χ1v) is 7.03. The van der Waals surface area contributed by atoms with Crippen molar-refractivity contribution in [2.24, 2.45) is 5.73 Å². The van der Waals surface area contributed by atoms with E-state index in [-0.39, 0.29) is 5.54 Å². The Labute approximate surface area is 118 Å². The second-order valence-electron chi connectivity index (χ2n) is 4.52. The molecule has 0 aromatic heterocycles. The fourth-order valence-corrected chi connectivity index (χ4v) is 2.09. The average Bonchev–Trinajstić information content (AvgIpc) is 2.39. The van der Waals surface area contributed by atoms with Gasteiger partial charge in [-0.2, -0.15) is 0 Å². The van der Waals surface area contributed by atoms with Gasteiger partial charge < -0.3 is 15.2 Å². The third-order valence-corrected chi connectivity index (χ3v) is 3.79. The summed E-state index contributed by atoms with van der Waals surface area (Å²) in [5, 5.41) is 0. The number of hydrogen-bond acceptors (Lipinski definition) is 3. The van der Waals surface area contributed by atoms with E-state index in [1.54, 1.807) is 7.11 Å². The molecule has 0 amide bonds. The summed E-state index contributed by atoms with van der Waals surface area (Å²) in [6.45, 7) is 5.26. The Morgan fingerprint density at radius 3 is 2.50 bits per heavy atom. The summed E-state index contributed by atoms with van der Waals surface area (Å²) in [7, 11) is 1.66. The van der Waals surface area contributed by atoms with Crippen LogP contribution in [0.1, 0.15) is 32.3 Å². The lowest BCUT2D eigenvalue weighted by Gasteiger charge is -2.26. The highest BCUT2D eigenvalue weighted by Gasteiger charge is 2.20. The monoisotopic (exact) mass is 315 g/mol. The molecule has 0 radical (unpaired) electrons. The maximum absolute atomic E-state index is 6.20. The predicted molar refractivity (Wildman–Crippen MR) is 77.9 cm³/mol. The van der Waals surface area contributed by atoms with Crippen LogP contribution in [0.5, 0.6) is 5.75 Å². The van der Waals surface area contributed by atoms with Crippen LogP contribution in [-0.2, 0) is 11.3 Å². The van der Waals surface area contributed by atoms with Gasteiger partial charge in [-0.25, -0.2) is 0 Å². The van der Waals surface area contributed by atoms with E-state index in [9.17, 15) is 0 Å². The highest BCUT2D eigenvalue weighted by Crippen LogP contribution is 2.24. The standard InChI is InChI=1S/C14H22BrNO2/c1-4-14(16,5-2)10-18-9-11-8-12(15)6-7-13(11)17-3/h6-8H,4-5,9-10,16H2,1-3H3. The average molecular weight is 316 g/mol. The summed E-state index contributed by atoms with van der Waals surface area (Å²) in [5.74, 6) is 0.841. The second-order valence-corrected chi connectivity index (χ2v) is 5.43. The SMILES string of the molecule is CCC(N)(CC)COCc1cc(Br)ccc1OC. The van der Waals surface area contributed by atoms with Crippen molar-refractivity contribution < 1.29 is 9.47 Å². The maximum atomic E-state index is 6.20. The molecule has 4 heteroatoms. The van der Waals surface area contributed by atoms with E-state index in [4.69, 9.17) is 15.2 Å². The van der Waals surface area contributed by atoms with E-state index in [1.807, 2.05) is 18.2 Å². The molecule has 0 aliphatic heterocycles. The molecular weight excluding hydrogens is 294 g/mol. The van der Waals surface area contributed by atoms with E-state index in [0.717, 1.165) is 28.6 Å². The van der Waals surface area contributed by atoms with Crippen molar-refractivity contribution in [1.82, 2.24) is 0 Å². The lowest BCUT2D eigenvalue weighted by atomic mass is 9.96. The van der Waals surface area contributed by atoms with E-state index < -0.39 is 0 Å². The van der Waals surface area contributed by atoms with Crippen LogP contribution < -0.4 is 10.5 Å². The van der Waals surface area contributed by atoms with Gasteiger partial charge in [0.05, 0.1) is 20.3 Å². The Balaban J connectivity index is 2.60. The molecule has 0 atom stereocenters. The zero-order valence-corrected chi connectivity index (χ0v) is 12.9. The molecule has 102 valence electrons. The first-order valence-electron chi connectivity index (χ1n) is 6.23. The van der Waals surface area contributed by atoms with Gasteiger partial charge in [-0.3, -0.25) is 0 Å². The molecule has 0 bridgehead atoms. The highest BCUT2D eigenvalue weighted by molar-refractivity contribution is 9.10. The van der Waals surface area contributed by atoms with Gasteiger partial charge in [-0.05, 0) is 31.0 Å². The number of rotatable bonds is 7. The van der Waals surface area contributed by atoms with Gasteiger partial charge in [-0.15, -0.1) is 0 Å². The van der Waals surface area contributed by atoms with Crippen molar-refractivity contribution in [3.8, 4) is 5.75 Å². The molecule has 0 heterocycles. The minimum atomic E-state index is -0.223. The van der Waals surface area contributed by atoms with Crippen LogP contribution in [0.25, 0.3) is 0 Å². The molecule has 2 N–H and O–H groups in total. The first kappa shape index (κ1) is 15.5. The maximum Gasteiger partial charge on any atom is 0.124 e. The Bertz CT molecular complexity index is 378. The van der Waals surface area contributed by atoms with Gasteiger partial charge >= 0.3 is 0 Å². The highest BCUT2D eigenvalue weighted by atomic mass is 79.9. The van der Waals surface area contributed by atoms with E-state index in [1.165, 1.54) is 0 Å². The third-order valence-electron chi connectivity index (χ3n) is 3.30. The van der Waals surface area contributed by atoms with Crippen molar-refractivity contribution in [2.75, 3.05) is 13.7 Å². The molecule has 0 spiro atoms. The van der Waals surface area contributed by atoms with Crippen molar-refractivity contribution in [3.05, 3.63) is 28.2 Å². The molecule has 1 aromatic carbocycles. The lowest BCUT2D eigenvalue weighted by molar-refractivity contribution is 0.0684. The van der Waals surface area contributed by atoms with E-state index >= 15 is 0 Å². The zero-order chi connectivity index (χ0) is 13.6. The van der Waals surface area contributed by atoms with Crippen LogP contribution in [0.4, 0.5) is 0 Å². The normalized spacial score (nSPS) is 11.6. The topological polar surface area (TPSA) is 44.5 Å². The second kappa shape index (κ2) is 7.12. The number of ether oxygens (including phenoxy) is 2. The fourth-order valence-electron chi connectivity index (χ4n) is 1.68. The summed E-state index contributed by atoms with van der Waals surface area (Å²) in [6, 6.07) is 5.89. The molecule has 0 unspecified atom stereocenters. The predicted octanol–water partition coefficient (Wildman–Crippen LogP) is 3.49. The Kier molecular flexibility index (Phi) is 6.12. The molecule has 1 rings (SSSR count). The van der Waals surface area contributed by atoms with Crippen LogP contribution in [0.3, 0.4) is 0 Å². The summed E-state index contributed by atoms with van der Waals surface area (Å²) >= 11 is 3.45. The van der Waals surface area contributed by atoms with Crippen molar-refractivity contribution in [2.45, 2.75) is 38.8 Å². The quantitative estimate of drug-likeness (QED) is 0.837. The summed E-state index contributed by atoms with van der Waals surface area (Å²) in [5.41, 5.74) is 7.00. The minimum absolute atomic E-state index is 0.223.